The zero-order valence-electron chi connectivity index (χ0n) is 12.1. The second kappa shape index (κ2) is 7.70. The third-order valence-corrected chi connectivity index (χ3v) is 7.08. The Labute approximate surface area is 143 Å². The van der Waals surface area contributed by atoms with Gasteiger partial charge in [-0.25, -0.2) is 13.1 Å². The highest BCUT2D eigenvalue weighted by Gasteiger charge is 2.27. The van der Waals surface area contributed by atoms with Crippen molar-refractivity contribution in [1.82, 2.24) is 4.72 Å². The van der Waals surface area contributed by atoms with Crippen LogP contribution in [-0.2, 0) is 10.0 Å². The number of aliphatic hydroxyl groups is 1. The molecule has 0 unspecified atom stereocenters. The van der Waals surface area contributed by atoms with Crippen LogP contribution in [0.5, 0.6) is 0 Å². The van der Waals surface area contributed by atoms with Crippen LogP contribution in [0.25, 0.3) is 0 Å². The molecule has 1 heterocycles. The summed E-state index contributed by atoms with van der Waals surface area (Å²) in [6.45, 7) is 1.73. The molecule has 0 bridgehead atoms. The summed E-state index contributed by atoms with van der Waals surface area (Å²) in [7, 11) is -3.64. The molecule has 1 aromatic heterocycles. The van der Waals surface area contributed by atoms with Crippen LogP contribution in [0.1, 0.15) is 24.8 Å². The summed E-state index contributed by atoms with van der Waals surface area (Å²) >= 11 is 4.41. The van der Waals surface area contributed by atoms with Crippen molar-refractivity contribution >= 4 is 37.3 Å². The fourth-order valence-corrected chi connectivity index (χ4v) is 5.69. The van der Waals surface area contributed by atoms with Crippen LogP contribution in [0.15, 0.2) is 50.5 Å². The van der Waals surface area contributed by atoms with Crippen LogP contribution in [0.4, 0.5) is 0 Å². The number of sulfonamides is 1. The van der Waals surface area contributed by atoms with Gasteiger partial charge in [0.25, 0.3) is 0 Å². The summed E-state index contributed by atoms with van der Waals surface area (Å²) in [5.74, 6) is -0.0793. The first-order valence-corrected chi connectivity index (χ1v) is 10.0. The third kappa shape index (κ3) is 4.17. The number of thiophene rings is 1. The smallest absolute Gasteiger partial charge is 0.250 e. The maximum Gasteiger partial charge on any atom is 0.250 e. The van der Waals surface area contributed by atoms with Crippen molar-refractivity contribution in [2.24, 2.45) is 0 Å². The van der Waals surface area contributed by atoms with Crippen molar-refractivity contribution in [3.05, 3.63) is 51.8 Å². The Balaban J connectivity index is 2.24. The minimum atomic E-state index is -3.64. The van der Waals surface area contributed by atoms with Gasteiger partial charge < -0.3 is 5.11 Å². The molecule has 0 radical (unpaired) electrons. The van der Waals surface area contributed by atoms with E-state index in [1.807, 2.05) is 37.3 Å². The molecule has 0 aliphatic carbocycles. The molecule has 0 fully saturated rings. The first-order chi connectivity index (χ1) is 10.5. The molecular weight excluding hydrogens is 386 g/mol. The van der Waals surface area contributed by atoms with Gasteiger partial charge >= 0.3 is 0 Å². The minimum Gasteiger partial charge on any atom is -0.395 e. The Morgan fingerprint density at radius 3 is 2.41 bits per heavy atom. The summed E-state index contributed by atoms with van der Waals surface area (Å²) < 4.78 is 28.5. The van der Waals surface area contributed by atoms with Gasteiger partial charge in [0.05, 0.1) is 16.4 Å². The predicted molar refractivity (Wildman–Crippen MR) is 92.7 cm³/mol. The van der Waals surface area contributed by atoms with E-state index in [0.717, 1.165) is 27.1 Å². The van der Waals surface area contributed by atoms with Gasteiger partial charge in [0.15, 0.2) is 0 Å². The van der Waals surface area contributed by atoms with E-state index in [4.69, 9.17) is 0 Å². The Morgan fingerprint density at radius 1 is 1.23 bits per heavy atom. The predicted octanol–water partition coefficient (Wildman–Crippen LogP) is 3.34. The zero-order valence-corrected chi connectivity index (χ0v) is 15.3. The maximum atomic E-state index is 12.4. The van der Waals surface area contributed by atoms with Crippen LogP contribution in [0.2, 0.25) is 0 Å². The first kappa shape index (κ1) is 17.6. The number of nitrogens with one attached hydrogen (secondary N) is 1. The Bertz CT molecular complexity index is 701. The van der Waals surface area contributed by atoms with Gasteiger partial charge in [0.1, 0.15) is 4.21 Å². The number of hydrogen-bond acceptors (Lipinski definition) is 4. The van der Waals surface area contributed by atoms with Crippen molar-refractivity contribution < 1.29 is 13.5 Å². The summed E-state index contributed by atoms with van der Waals surface area (Å²) in [4.78, 5) is 0. The number of rotatable bonds is 7. The van der Waals surface area contributed by atoms with Gasteiger partial charge in [0, 0.05) is 5.92 Å². The van der Waals surface area contributed by atoms with E-state index in [0.29, 0.717) is 0 Å². The largest absolute Gasteiger partial charge is 0.395 e. The topological polar surface area (TPSA) is 66.4 Å². The molecule has 0 saturated carbocycles. The highest BCUT2D eigenvalue weighted by atomic mass is 79.9. The standard InChI is InChI=1S/C15H18BrNO3S2/c1-2-12(11-6-4-3-5-7-11)13(10-18)17-22(19,20)15-9-8-14(16)21-15/h3-9,12-13,17-18H,2,10H2,1H3/t12-,13+/m1/s1. The van der Waals surface area contributed by atoms with E-state index in [1.165, 1.54) is 0 Å². The van der Waals surface area contributed by atoms with Gasteiger partial charge in [-0.1, -0.05) is 37.3 Å². The van der Waals surface area contributed by atoms with Gasteiger partial charge in [-0.2, -0.15) is 0 Å². The molecule has 7 heteroatoms. The van der Waals surface area contributed by atoms with E-state index in [1.54, 1.807) is 12.1 Å². The molecule has 2 aromatic rings. The van der Waals surface area contributed by atoms with Crippen LogP contribution in [0, 0.1) is 0 Å². The van der Waals surface area contributed by atoms with Crippen molar-refractivity contribution in [2.75, 3.05) is 6.61 Å². The number of benzene rings is 1. The minimum absolute atomic E-state index is 0.0793. The molecule has 0 saturated heterocycles. The Morgan fingerprint density at radius 2 is 1.91 bits per heavy atom. The average molecular weight is 404 g/mol. The zero-order chi connectivity index (χ0) is 16.2. The summed E-state index contributed by atoms with van der Waals surface area (Å²) in [6.07, 6.45) is 0.728. The van der Waals surface area contributed by atoms with Gasteiger partial charge in [-0.05, 0) is 40.0 Å². The van der Waals surface area contributed by atoms with Crippen molar-refractivity contribution in [2.45, 2.75) is 29.5 Å². The van der Waals surface area contributed by atoms with Crippen molar-refractivity contribution in [3.63, 3.8) is 0 Å². The lowest BCUT2D eigenvalue weighted by Gasteiger charge is -2.25. The van der Waals surface area contributed by atoms with Crippen LogP contribution in [-0.4, -0.2) is 26.2 Å². The molecule has 2 rings (SSSR count). The van der Waals surface area contributed by atoms with E-state index in [2.05, 4.69) is 20.7 Å². The van der Waals surface area contributed by atoms with Gasteiger partial charge in [-0.3, -0.25) is 0 Å². The number of hydrogen-bond donors (Lipinski definition) is 2. The Hall–Kier alpha value is -0.730. The summed E-state index contributed by atoms with van der Waals surface area (Å²) in [5, 5.41) is 9.67. The van der Waals surface area contributed by atoms with Crippen LogP contribution < -0.4 is 4.72 Å². The molecule has 0 spiro atoms. The molecule has 120 valence electrons. The van der Waals surface area contributed by atoms with Gasteiger partial charge in [-0.15, -0.1) is 11.3 Å². The fraction of sp³-hybridized carbons (Fsp3) is 0.333. The highest BCUT2D eigenvalue weighted by Crippen LogP contribution is 2.28. The van der Waals surface area contributed by atoms with E-state index < -0.39 is 16.1 Å². The number of halogens is 1. The molecule has 2 atom stereocenters. The summed E-state index contributed by atoms with van der Waals surface area (Å²) in [5.41, 5.74) is 1.01. The molecule has 0 amide bonds. The highest BCUT2D eigenvalue weighted by molar-refractivity contribution is 9.11. The lowest BCUT2D eigenvalue weighted by Crippen LogP contribution is -2.41. The maximum absolute atomic E-state index is 12.4. The molecule has 2 N–H and O–H groups in total. The Kier molecular flexibility index (Phi) is 6.17. The average Bonchev–Trinajstić information content (AvgIpc) is 2.95. The molecule has 22 heavy (non-hydrogen) atoms. The molecule has 0 aliphatic rings. The fourth-order valence-electron chi connectivity index (χ4n) is 2.40. The van der Waals surface area contributed by atoms with E-state index in [9.17, 15) is 13.5 Å². The molecule has 1 aromatic carbocycles. The molecular formula is C15H18BrNO3S2. The monoisotopic (exact) mass is 403 g/mol. The quantitative estimate of drug-likeness (QED) is 0.744. The third-order valence-electron chi connectivity index (χ3n) is 3.47. The number of aliphatic hydroxyl groups excluding tert-OH is 1. The summed E-state index contributed by atoms with van der Waals surface area (Å²) in [6, 6.07) is 12.3. The van der Waals surface area contributed by atoms with E-state index in [-0.39, 0.29) is 16.7 Å². The van der Waals surface area contributed by atoms with Crippen molar-refractivity contribution in [1.29, 1.82) is 0 Å². The normalized spacial score (nSPS) is 14.7. The first-order valence-electron chi connectivity index (χ1n) is 6.91. The van der Waals surface area contributed by atoms with E-state index >= 15 is 0 Å². The van der Waals surface area contributed by atoms with Crippen LogP contribution in [0.3, 0.4) is 0 Å². The molecule has 4 nitrogen and oxygen atoms in total. The second-order valence-electron chi connectivity index (χ2n) is 4.89. The van der Waals surface area contributed by atoms with Crippen LogP contribution >= 0.6 is 27.3 Å². The SMILES string of the molecule is CC[C@H](c1ccccc1)[C@H](CO)NS(=O)(=O)c1ccc(Br)s1. The second-order valence-corrected chi connectivity index (χ2v) is 9.30. The lowest BCUT2D eigenvalue weighted by atomic mass is 9.90. The molecule has 0 aliphatic heterocycles. The van der Waals surface area contributed by atoms with Crippen molar-refractivity contribution in [3.8, 4) is 0 Å². The van der Waals surface area contributed by atoms with Gasteiger partial charge in [0.2, 0.25) is 10.0 Å². The lowest BCUT2D eigenvalue weighted by molar-refractivity contribution is 0.236.